The van der Waals surface area contributed by atoms with Gasteiger partial charge in [-0.2, -0.15) is 0 Å². The molecular weight excluding hydrogens is 280 g/mol. The van der Waals surface area contributed by atoms with Crippen molar-refractivity contribution in [1.29, 1.82) is 0 Å². The highest BCUT2D eigenvalue weighted by atomic mass is 35.5. The normalized spacial score (nSPS) is 9.76. The highest BCUT2D eigenvalue weighted by molar-refractivity contribution is 5.85. The molecule has 2 nitrogen and oxygen atoms in total. The fourth-order valence-electron chi connectivity index (χ4n) is 1.94. The molecule has 0 amide bonds. The number of hydrogen-bond donors (Lipinski definition) is 1. The summed E-state index contributed by atoms with van der Waals surface area (Å²) in [6, 6.07) is 0. The van der Waals surface area contributed by atoms with Gasteiger partial charge >= 0.3 is 0 Å². The fraction of sp³-hybridized carbons (Fsp3) is 0.889. The van der Waals surface area contributed by atoms with Crippen molar-refractivity contribution in [2.24, 2.45) is 0 Å². The first-order valence-corrected chi connectivity index (χ1v) is 8.57. The summed E-state index contributed by atoms with van der Waals surface area (Å²) in [5, 5.41) is 3.34. The van der Waals surface area contributed by atoms with Crippen molar-refractivity contribution < 1.29 is 0 Å². The van der Waals surface area contributed by atoms with E-state index >= 15 is 0 Å². The molecule has 0 rings (SSSR count). The molecule has 0 aromatic rings. The van der Waals surface area contributed by atoms with Gasteiger partial charge in [0.15, 0.2) is 0 Å². The quantitative estimate of drug-likeness (QED) is 0.367. The molecular formula is C18H41ClN2. The van der Waals surface area contributed by atoms with Gasteiger partial charge in [0.05, 0.1) is 0 Å². The van der Waals surface area contributed by atoms with E-state index in [9.17, 15) is 0 Å². The Morgan fingerprint density at radius 2 is 1.19 bits per heavy atom. The summed E-state index contributed by atoms with van der Waals surface area (Å²) in [6.07, 6.45) is 16.1. The van der Waals surface area contributed by atoms with Crippen molar-refractivity contribution in [3.8, 4) is 0 Å². The van der Waals surface area contributed by atoms with Gasteiger partial charge in [0, 0.05) is 6.54 Å². The second kappa shape index (κ2) is 24.9. The Labute approximate surface area is 141 Å². The maximum absolute atomic E-state index is 3.69. The third-order valence-corrected chi connectivity index (χ3v) is 3.00. The largest absolute Gasteiger partial charge is 0.313 e. The molecule has 0 bridgehead atoms. The van der Waals surface area contributed by atoms with E-state index in [1.807, 2.05) is 32.1 Å². The maximum Gasteiger partial charge on any atom is 0.0132 e. The zero-order chi connectivity index (χ0) is 15.5. The van der Waals surface area contributed by atoms with Crippen LogP contribution in [0.2, 0.25) is 0 Å². The lowest BCUT2D eigenvalue weighted by atomic mass is 10.1. The molecule has 0 heterocycles. The Morgan fingerprint density at radius 1 is 0.810 bits per heavy atom. The molecule has 0 atom stereocenters. The maximum atomic E-state index is 3.69. The minimum absolute atomic E-state index is 0. The lowest BCUT2D eigenvalue weighted by Crippen LogP contribution is -2.14. The molecule has 0 saturated heterocycles. The molecule has 0 spiro atoms. The molecule has 3 heteroatoms. The molecule has 0 unspecified atom stereocenters. The molecule has 0 aromatic heterocycles. The van der Waals surface area contributed by atoms with Crippen molar-refractivity contribution in [2.75, 3.05) is 34.2 Å². The van der Waals surface area contributed by atoms with Crippen LogP contribution in [-0.2, 0) is 0 Å². The number of nitrogens with one attached hydrogen (secondary N) is 1. The predicted molar refractivity (Wildman–Crippen MR) is 102 cm³/mol. The average Bonchev–Trinajstić information content (AvgIpc) is 2.39. The van der Waals surface area contributed by atoms with Crippen LogP contribution in [0.3, 0.4) is 0 Å². The van der Waals surface area contributed by atoms with E-state index in [0.29, 0.717) is 0 Å². The van der Waals surface area contributed by atoms with Gasteiger partial charge in [0.1, 0.15) is 0 Å². The van der Waals surface area contributed by atoms with Gasteiger partial charge in [0.2, 0.25) is 0 Å². The van der Waals surface area contributed by atoms with E-state index in [1.165, 1.54) is 64.2 Å². The molecule has 0 fully saturated rings. The van der Waals surface area contributed by atoms with Gasteiger partial charge in [-0.3, -0.25) is 0 Å². The Kier molecular flexibility index (Phi) is 30.7. The van der Waals surface area contributed by atoms with Crippen LogP contribution in [-0.4, -0.2) is 39.1 Å². The molecule has 0 aliphatic heterocycles. The fourth-order valence-corrected chi connectivity index (χ4v) is 1.94. The first kappa shape index (κ1) is 25.9. The van der Waals surface area contributed by atoms with Crippen LogP contribution < -0.4 is 5.32 Å². The van der Waals surface area contributed by atoms with E-state index < -0.39 is 0 Å². The van der Waals surface area contributed by atoms with Crippen molar-refractivity contribution in [3.05, 3.63) is 12.7 Å². The third-order valence-electron chi connectivity index (χ3n) is 3.00. The van der Waals surface area contributed by atoms with Gasteiger partial charge in [-0.05, 0) is 34.1 Å². The van der Waals surface area contributed by atoms with Gasteiger partial charge < -0.3 is 10.2 Å². The highest BCUT2D eigenvalue weighted by Crippen LogP contribution is 2.10. The molecule has 0 aliphatic rings. The van der Waals surface area contributed by atoms with Crippen LogP contribution in [0.15, 0.2) is 12.7 Å². The zero-order valence-electron chi connectivity index (χ0n) is 15.1. The van der Waals surface area contributed by atoms with Crippen LogP contribution >= 0.6 is 12.4 Å². The number of rotatable bonds is 13. The zero-order valence-corrected chi connectivity index (χ0v) is 15.9. The van der Waals surface area contributed by atoms with Crippen molar-refractivity contribution in [3.63, 3.8) is 0 Å². The molecule has 0 aliphatic carbocycles. The summed E-state index contributed by atoms with van der Waals surface area (Å²) in [5.74, 6) is 0. The monoisotopic (exact) mass is 320 g/mol. The van der Waals surface area contributed by atoms with E-state index in [-0.39, 0.29) is 12.4 Å². The van der Waals surface area contributed by atoms with Gasteiger partial charge in [-0.15, -0.1) is 19.0 Å². The molecule has 0 aromatic carbocycles. The lowest BCUT2D eigenvalue weighted by molar-refractivity contribution is 0.505. The SMILES string of the molecule is C=CCNCCCCCCCCCCCC.CN(C)C.Cl. The Balaban J connectivity index is -0.000000572. The molecule has 0 radical (unpaired) electrons. The molecule has 1 N–H and O–H groups in total. The number of halogens is 1. The lowest BCUT2D eigenvalue weighted by Gasteiger charge is -2.03. The molecule has 0 saturated carbocycles. The summed E-state index contributed by atoms with van der Waals surface area (Å²) < 4.78 is 0. The van der Waals surface area contributed by atoms with Crippen molar-refractivity contribution >= 4 is 12.4 Å². The standard InChI is InChI=1S/C15H31N.C3H9N.ClH/c1-3-5-6-7-8-9-10-11-12-13-15-16-14-4-2;1-4(2)3;/h4,16H,2-3,5-15H2,1H3;1-3H3;1H. The van der Waals surface area contributed by atoms with E-state index in [4.69, 9.17) is 0 Å². The van der Waals surface area contributed by atoms with E-state index in [0.717, 1.165) is 13.1 Å². The second-order valence-electron chi connectivity index (χ2n) is 6.02. The highest BCUT2D eigenvalue weighted by Gasteiger charge is 1.92. The predicted octanol–water partition coefficient (Wildman–Crippen LogP) is 5.28. The van der Waals surface area contributed by atoms with Crippen LogP contribution in [0.4, 0.5) is 0 Å². The third kappa shape index (κ3) is 38.3. The van der Waals surface area contributed by atoms with Crippen LogP contribution in [0, 0.1) is 0 Å². The van der Waals surface area contributed by atoms with Gasteiger partial charge in [-0.1, -0.05) is 70.8 Å². The summed E-state index contributed by atoms with van der Waals surface area (Å²) in [6.45, 7) is 8.08. The van der Waals surface area contributed by atoms with Crippen molar-refractivity contribution in [2.45, 2.75) is 71.1 Å². The van der Waals surface area contributed by atoms with Crippen molar-refractivity contribution in [1.82, 2.24) is 10.2 Å². The van der Waals surface area contributed by atoms with Crippen LogP contribution in [0.5, 0.6) is 0 Å². The first-order chi connectivity index (χ1) is 9.65. The summed E-state index contributed by atoms with van der Waals surface area (Å²) in [4.78, 5) is 2.00. The number of unbranched alkanes of at least 4 members (excludes halogenated alkanes) is 9. The van der Waals surface area contributed by atoms with Gasteiger partial charge in [0.25, 0.3) is 0 Å². The number of hydrogen-bond acceptors (Lipinski definition) is 2. The van der Waals surface area contributed by atoms with E-state index in [1.54, 1.807) is 0 Å². The van der Waals surface area contributed by atoms with Crippen LogP contribution in [0.1, 0.15) is 71.1 Å². The summed E-state index contributed by atoms with van der Waals surface area (Å²) in [5.41, 5.74) is 0. The molecule has 21 heavy (non-hydrogen) atoms. The Bertz CT molecular complexity index is 170. The topological polar surface area (TPSA) is 15.3 Å². The smallest absolute Gasteiger partial charge is 0.0132 e. The first-order valence-electron chi connectivity index (χ1n) is 8.57. The Hall–Kier alpha value is -0.0500. The van der Waals surface area contributed by atoms with Crippen LogP contribution in [0.25, 0.3) is 0 Å². The summed E-state index contributed by atoms with van der Waals surface area (Å²) in [7, 11) is 6.00. The molecule has 130 valence electrons. The summed E-state index contributed by atoms with van der Waals surface area (Å²) >= 11 is 0. The minimum Gasteiger partial charge on any atom is -0.313 e. The average molecular weight is 321 g/mol. The minimum atomic E-state index is 0. The number of nitrogens with zero attached hydrogens (tertiary/aromatic N) is 1. The Morgan fingerprint density at radius 3 is 1.57 bits per heavy atom. The van der Waals surface area contributed by atoms with E-state index in [2.05, 4.69) is 18.8 Å². The second-order valence-corrected chi connectivity index (χ2v) is 6.02. The van der Waals surface area contributed by atoms with Gasteiger partial charge in [-0.25, -0.2) is 0 Å².